The van der Waals surface area contributed by atoms with Crippen molar-refractivity contribution >= 4 is 11.8 Å². The van der Waals surface area contributed by atoms with Crippen molar-refractivity contribution in [3.63, 3.8) is 0 Å². The van der Waals surface area contributed by atoms with Gasteiger partial charge in [-0.25, -0.2) is 4.79 Å². The molecule has 1 aromatic heterocycles. The van der Waals surface area contributed by atoms with Gasteiger partial charge in [-0.3, -0.25) is 4.79 Å². The predicted octanol–water partition coefficient (Wildman–Crippen LogP) is 5.00. The fourth-order valence-electron chi connectivity index (χ4n) is 3.06. The molecule has 2 rings (SSSR count). The fourth-order valence-corrected chi connectivity index (χ4v) is 3.06. The monoisotopic (exact) mass is 368 g/mol. The lowest BCUT2D eigenvalue weighted by Crippen LogP contribution is -2.24. The fraction of sp³-hybridized carbons (Fsp3) is 0.478. The number of ether oxygens (including phenoxy) is 1. The van der Waals surface area contributed by atoms with Crippen LogP contribution in [0.4, 0.5) is 0 Å². The number of fused-ring (bicyclic) bond motifs is 2. The highest BCUT2D eigenvalue weighted by molar-refractivity contribution is 6.02. The summed E-state index contributed by atoms with van der Waals surface area (Å²) in [6.45, 7) is 17.1. The van der Waals surface area contributed by atoms with E-state index in [2.05, 4.69) is 25.0 Å². The number of allylic oxidation sites excluding steroid dienone is 2. The van der Waals surface area contributed by atoms with E-state index >= 15 is 0 Å². The number of rotatable bonds is 3. The lowest BCUT2D eigenvalue weighted by atomic mass is 9.90. The molecule has 0 N–H and O–H groups in total. The Balaban J connectivity index is 2.58. The molecular weight excluding hydrogens is 340 g/mol. The quantitative estimate of drug-likeness (QED) is 0.326. The molecule has 2 atom stereocenters. The van der Waals surface area contributed by atoms with E-state index in [0.29, 0.717) is 35.5 Å². The van der Waals surface area contributed by atoms with Gasteiger partial charge in [0.25, 0.3) is 0 Å². The van der Waals surface area contributed by atoms with Crippen LogP contribution in [0, 0.1) is 17.8 Å². The van der Waals surface area contributed by atoms with Crippen molar-refractivity contribution in [1.29, 1.82) is 0 Å². The molecule has 144 valence electrons. The predicted molar refractivity (Wildman–Crippen MR) is 105 cm³/mol. The molecule has 1 aliphatic heterocycles. The molecular formula is C23H28O4. The molecule has 0 spiro atoms. The number of carbonyl (C=O) groups is 2. The molecule has 2 heterocycles. The molecule has 0 saturated carbocycles. The Morgan fingerprint density at radius 3 is 2.48 bits per heavy atom. The van der Waals surface area contributed by atoms with Crippen molar-refractivity contribution in [3.8, 4) is 11.8 Å². The molecule has 2 bridgehead atoms. The Hall–Kier alpha value is -2.54. The molecule has 0 fully saturated rings. The first kappa shape index (κ1) is 20.8. The van der Waals surface area contributed by atoms with Crippen LogP contribution in [0.5, 0.6) is 0 Å². The van der Waals surface area contributed by atoms with Gasteiger partial charge in [0, 0.05) is 12.8 Å². The van der Waals surface area contributed by atoms with E-state index in [1.165, 1.54) is 0 Å². The molecule has 1 aliphatic rings. The van der Waals surface area contributed by atoms with Crippen LogP contribution in [0.15, 0.2) is 34.8 Å². The Kier molecular flexibility index (Phi) is 6.15. The normalized spacial score (nSPS) is 20.1. The third-order valence-corrected chi connectivity index (χ3v) is 4.44. The van der Waals surface area contributed by atoms with Gasteiger partial charge in [-0.15, -0.1) is 0 Å². The average molecular weight is 368 g/mol. The zero-order valence-electron chi connectivity index (χ0n) is 16.9. The van der Waals surface area contributed by atoms with E-state index in [0.717, 1.165) is 12.0 Å². The van der Waals surface area contributed by atoms with Crippen molar-refractivity contribution in [2.24, 2.45) is 5.92 Å². The van der Waals surface area contributed by atoms with E-state index in [4.69, 9.17) is 9.15 Å². The first-order valence-corrected chi connectivity index (χ1v) is 9.19. The van der Waals surface area contributed by atoms with Gasteiger partial charge in [0.15, 0.2) is 0 Å². The summed E-state index contributed by atoms with van der Waals surface area (Å²) in [6, 6.07) is 1.61. The van der Waals surface area contributed by atoms with Crippen LogP contribution in [-0.4, -0.2) is 17.4 Å². The maximum Gasteiger partial charge on any atom is 0.342 e. The third kappa shape index (κ3) is 5.23. The highest BCUT2D eigenvalue weighted by Crippen LogP contribution is 2.33. The highest BCUT2D eigenvalue weighted by Gasteiger charge is 2.31. The zero-order chi connectivity index (χ0) is 20.4. The molecule has 0 saturated heterocycles. The summed E-state index contributed by atoms with van der Waals surface area (Å²) in [5.41, 5.74) is 1.35. The lowest BCUT2D eigenvalue weighted by Gasteiger charge is -2.20. The highest BCUT2D eigenvalue weighted by atomic mass is 16.6. The number of hydrogen-bond donors (Lipinski definition) is 0. The van der Waals surface area contributed by atoms with Crippen LogP contribution in [0.3, 0.4) is 0 Å². The number of ketones is 1. The summed E-state index contributed by atoms with van der Waals surface area (Å²) in [4.78, 5) is 25.3. The van der Waals surface area contributed by atoms with Crippen LogP contribution in [0.2, 0.25) is 0 Å². The molecule has 1 aromatic rings. The Morgan fingerprint density at radius 2 is 1.93 bits per heavy atom. The minimum Gasteiger partial charge on any atom is -0.464 e. The van der Waals surface area contributed by atoms with E-state index < -0.39 is 17.5 Å². The van der Waals surface area contributed by atoms with Crippen molar-refractivity contribution in [3.05, 3.63) is 47.5 Å². The second-order valence-corrected chi connectivity index (χ2v) is 8.22. The van der Waals surface area contributed by atoms with Gasteiger partial charge in [-0.1, -0.05) is 30.2 Å². The van der Waals surface area contributed by atoms with Gasteiger partial charge in [-0.2, -0.15) is 0 Å². The molecule has 4 heteroatoms. The molecule has 0 radical (unpaired) electrons. The third-order valence-electron chi connectivity index (χ3n) is 4.44. The van der Waals surface area contributed by atoms with E-state index in [9.17, 15) is 9.59 Å². The Morgan fingerprint density at radius 1 is 1.26 bits per heavy atom. The summed E-state index contributed by atoms with van der Waals surface area (Å²) in [7, 11) is 0. The van der Waals surface area contributed by atoms with Gasteiger partial charge in [0.2, 0.25) is 5.78 Å². The van der Waals surface area contributed by atoms with E-state index in [1.807, 2.05) is 27.7 Å². The van der Waals surface area contributed by atoms with E-state index in [1.54, 1.807) is 13.0 Å². The minimum absolute atomic E-state index is 0.107. The van der Waals surface area contributed by atoms with Gasteiger partial charge in [0.1, 0.15) is 28.6 Å². The average Bonchev–Trinajstić information content (AvgIpc) is 2.89. The van der Waals surface area contributed by atoms with Crippen molar-refractivity contribution in [2.45, 2.75) is 65.4 Å². The maximum absolute atomic E-state index is 12.7. The minimum atomic E-state index is -0.686. The maximum atomic E-state index is 12.7. The second-order valence-electron chi connectivity index (χ2n) is 8.22. The summed E-state index contributed by atoms with van der Waals surface area (Å²) < 4.78 is 11.6. The van der Waals surface area contributed by atoms with Gasteiger partial charge in [-0.05, 0) is 58.9 Å². The van der Waals surface area contributed by atoms with Crippen LogP contribution in [0.25, 0.3) is 0 Å². The Bertz CT molecular complexity index is 836. The smallest absolute Gasteiger partial charge is 0.342 e. The summed E-state index contributed by atoms with van der Waals surface area (Å²) in [5.74, 6) is 5.26. The standard InChI is InChI=1S/C23H28O4/c1-14(2)16-10-8-9-11-18(24)21(15(3)4)20-13-17(19(12-16)26-20)22(25)27-23(5,6)7/h13,16,21H,1,3,8,10,12H2,2,4-7H3/t16-,21+/m1/s1. The summed E-state index contributed by atoms with van der Waals surface area (Å²) >= 11 is 0. The van der Waals surface area contributed by atoms with Crippen LogP contribution >= 0.6 is 0 Å². The van der Waals surface area contributed by atoms with Gasteiger partial charge < -0.3 is 9.15 Å². The number of hydrogen-bond acceptors (Lipinski definition) is 4. The topological polar surface area (TPSA) is 56.5 Å². The van der Waals surface area contributed by atoms with Crippen molar-refractivity contribution in [2.75, 3.05) is 0 Å². The van der Waals surface area contributed by atoms with Crippen LogP contribution in [0.1, 0.15) is 75.3 Å². The zero-order valence-corrected chi connectivity index (χ0v) is 16.9. The first-order valence-electron chi connectivity index (χ1n) is 9.19. The molecule has 0 aromatic carbocycles. The molecule has 0 amide bonds. The SMILES string of the molecule is C=C(C)[C@@H]1CCC#CC(=O)[C@H](C(=C)C)c2cc(C(=O)OC(C)(C)C)c(o2)C1. The summed E-state index contributed by atoms with van der Waals surface area (Å²) in [6.07, 6.45) is 1.85. The number of esters is 1. The molecule has 4 nitrogen and oxygen atoms in total. The van der Waals surface area contributed by atoms with Crippen LogP contribution in [-0.2, 0) is 16.0 Å². The molecule has 27 heavy (non-hydrogen) atoms. The lowest BCUT2D eigenvalue weighted by molar-refractivity contribution is -0.114. The van der Waals surface area contributed by atoms with Crippen LogP contribution < -0.4 is 0 Å². The van der Waals surface area contributed by atoms with Crippen molar-refractivity contribution < 1.29 is 18.7 Å². The number of carbonyl (C=O) groups excluding carboxylic acids is 2. The Labute approximate surface area is 161 Å². The summed E-state index contributed by atoms with van der Waals surface area (Å²) in [5, 5.41) is 0. The van der Waals surface area contributed by atoms with Gasteiger partial charge >= 0.3 is 5.97 Å². The number of furan rings is 1. The first-order chi connectivity index (χ1) is 12.5. The van der Waals surface area contributed by atoms with Gasteiger partial charge in [0.05, 0.1) is 0 Å². The molecule has 0 unspecified atom stereocenters. The van der Waals surface area contributed by atoms with Crippen molar-refractivity contribution in [1.82, 2.24) is 0 Å². The van der Waals surface area contributed by atoms with E-state index in [-0.39, 0.29) is 11.7 Å². The largest absolute Gasteiger partial charge is 0.464 e. The molecule has 0 aliphatic carbocycles. The number of Topliss-reactive ketones (excluding diaryl/α,β-unsaturated/α-hetero) is 1. The second kappa shape index (κ2) is 8.00.